The van der Waals surface area contributed by atoms with E-state index in [0.29, 0.717) is 5.56 Å². The molecule has 1 atom stereocenters. The summed E-state index contributed by atoms with van der Waals surface area (Å²) in [6.45, 7) is 0. The minimum atomic E-state index is -3.90. The third-order valence-corrected chi connectivity index (χ3v) is 6.53. The maximum Gasteiger partial charge on any atom is 0.315 e. The van der Waals surface area contributed by atoms with Crippen molar-refractivity contribution in [2.24, 2.45) is 0 Å². The summed E-state index contributed by atoms with van der Waals surface area (Å²) >= 11 is 19.4. The zero-order chi connectivity index (χ0) is 20.1. The predicted octanol–water partition coefficient (Wildman–Crippen LogP) is 4.34. The van der Waals surface area contributed by atoms with E-state index in [-0.39, 0.29) is 16.6 Å². The maximum absolute atomic E-state index is 12.6. The molecule has 0 fully saturated rings. The van der Waals surface area contributed by atoms with E-state index in [4.69, 9.17) is 34.8 Å². The molecule has 0 heterocycles. The van der Waals surface area contributed by atoms with Crippen molar-refractivity contribution in [3.8, 4) is 0 Å². The number of thioether (sulfide) groups is 1. The van der Waals surface area contributed by atoms with Gasteiger partial charge < -0.3 is 4.74 Å². The number of ether oxygens (including phenoxy) is 1. The smallest absolute Gasteiger partial charge is 0.315 e. The molecule has 0 bridgehead atoms. The second-order valence-electron chi connectivity index (χ2n) is 5.34. The third kappa shape index (κ3) is 6.55. The van der Waals surface area contributed by atoms with Crippen molar-refractivity contribution >= 4 is 62.6 Å². The molecule has 10 heteroatoms. The number of esters is 1. The summed E-state index contributed by atoms with van der Waals surface area (Å²) in [6, 6.07) is 13.4. The van der Waals surface area contributed by atoms with Crippen molar-refractivity contribution in [1.82, 2.24) is 4.72 Å². The lowest BCUT2D eigenvalue weighted by Crippen LogP contribution is -2.36. The van der Waals surface area contributed by atoms with Crippen LogP contribution in [-0.4, -0.2) is 31.0 Å². The summed E-state index contributed by atoms with van der Waals surface area (Å²) in [7, 11) is -2.58. The van der Waals surface area contributed by atoms with Crippen LogP contribution in [0.3, 0.4) is 0 Å². The molecule has 1 N–H and O–H groups in total. The van der Waals surface area contributed by atoms with Gasteiger partial charge in [-0.25, -0.2) is 8.42 Å². The fourth-order valence-corrected chi connectivity index (χ4v) is 4.85. The summed E-state index contributed by atoms with van der Waals surface area (Å²) in [5.41, 5.74) is 0.469. The van der Waals surface area contributed by atoms with Crippen LogP contribution in [0.25, 0.3) is 0 Å². The van der Waals surface area contributed by atoms with Gasteiger partial charge in [-0.05, 0) is 29.8 Å². The van der Waals surface area contributed by atoms with Crippen LogP contribution < -0.4 is 4.72 Å². The second-order valence-corrected chi connectivity index (χ2v) is 10.5. The fraction of sp³-hybridized carbons (Fsp3) is 0.235. The molecule has 0 aliphatic rings. The third-order valence-electron chi connectivity index (χ3n) is 3.45. The van der Waals surface area contributed by atoms with E-state index in [9.17, 15) is 13.2 Å². The molecule has 0 aliphatic carbocycles. The Morgan fingerprint density at radius 2 is 1.70 bits per heavy atom. The number of sulfonamides is 1. The molecule has 27 heavy (non-hydrogen) atoms. The van der Waals surface area contributed by atoms with Crippen molar-refractivity contribution in [3.05, 3.63) is 60.2 Å². The molecule has 0 amide bonds. The Labute approximate surface area is 177 Å². The van der Waals surface area contributed by atoms with Gasteiger partial charge in [0.1, 0.15) is 0 Å². The Kier molecular flexibility index (Phi) is 7.85. The van der Waals surface area contributed by atoms with Gasteiger partial charge in [0, 0.05) is 4.90 Å². The first-order valence-electron chi connectivity index (χ1n) is 7.57. The second kappa shape index (κ2) is 9.49. The Bertz CT molecular complexity index is 869. The lowest BCUT2D eigenvalue weighted by Gasteiger charge is -2.26. The van der Waals surface area contributed by atoms with Crippen LogP contribution >= 0.6 is 46.6 Å². The number of benzene rings is 2. The Hall–Kier alpha value is -0.960. The number of carbonyl (C=O) groups excluding carboxylic acids is 1. The largest absolute Gasteiger partial charge is 0.468 e. The molecule has 0 radical (unpaired) electrons. The average molecular weight is 469 g/mol. The highest BCUT2D eigenvalue weighted by molar-refractivity contribution is 8.00. The number of rotatable bonds is 7. The molecule has 146 valence electrons. The van der Waals surface area contributed by atoms with E-state index in [1.54, 1.807) is 42.5 Å². The van der Waals surface area contributed by atoms with Gasteiger partial charge >= 0.3 is 5.97 Å². The van der Waals surface area contributed by atoms with Crippen LogP contribution in [0.15, 0.2) is 64.4 Å². The Morgan fingerprint density at radius 3 is 2.22 bits per heavy atom. The number of carbonyl (C=O) groups is 1. The quantitative estimate of drug-likeness (QED) is 0.372. The van der Waals surface area contributed by atoms with Crippen molar-refractivity contribution in [2.75, 3.05) is 12.9 Å². The van der Waals surface area contributed by atoms with Crippen molar-refractivity contribution in [1.29, 1.82) is 0 Å². The first kappa shape index (κ1) is 22.3. The summed E-state index contributed by atoms with van der Waals surface area (Å²) in [4.78, 5) is 12.1. The number of halogens is 3. The monoisotopic (exact) mass is 467 g/mol. The molecule has 0 saturated carbocycles. The van der Waals surface area contributed by atoms with E-state index >= 15 is 0 Å². The van der Waals surface area contributed by atoms with Gasteiger partial charge in [-0.3, -0.25) is 4.79 Å². The van der Waals surface area contributed by atoms with Gasteiger partial charge in [-0.15, -0.1) is 11.8 Å². The van der Waals surface area contributed by atoms with Gasteiger partial charge in [0.25, 0.3) is 0 Å². The van der Waals surface area contributed by atoms with Crippen LogP contribution in [0.5, 0.6) is 0 Å². The first-order valence-corrected chi connectivity index (χ1v) is 11.2. The van der Waals surface area contributed by atoms with Gasteiger partial charge in [0.2, 0.25) is 13.8 Å². The number of nitrogens with one attached hydrogen (secondary N) is 1. The van der Waals surface area contributed by atoms with Crippen LogP contribution in [0.4, 0.5) is 0 Å². The standard InChI is InChI=1S/C17H16Cl3NO4S2/c1-25-15(22)11-26-13-9-7-12(8-10-13)16(17(18,19)20)21-27(23,24)14-5-3-2-4-6-14/h2-10,16,21H,11H2,1H3/t16-/m0/s1. The highest BCUT2D eigenvalue weighted by atomic mass is 35.6. The first-order chi connectivity index (χ1) is 12.6. The van der Waals surface area contributed by atoms with E-state index in [0.717, 1.165) is 4.90 Å². The molecular formula is C17H16Cl3NO4S2. The predicted molar refractivity (Wildman–Crippen MR) is 109 cm³/mol. The molecule has 0 aliphatic heterocycles. The molecule has 2 aromatic rings. The highest BCUT2D eigenvalue weighted by Gasteiger charge is 2.37. The van der Waals surface area contributed by atoms with Crippen LogP contribution in [-0.2, 0) is 19.6 Å². The van der Waals surface area contributed by atoms with Crippen molar-refractivity contribution < 1.29 is 17.9 Å². The molecule has 0 spiro atoms. The summed E-state index contributed by atoms with van der Waals surface area (Å²) < 4.78 is 30.3. The summed E-state index contributed by atoms with van der Waals surface area (Å²) in [6.07, 6.45) is 0. The normalized spacial score (nSPS) is 13.2. The van der Waals surface area contributed by atoms with Crippen LogP contribution in [0.1, 0.15) is 11.6 Å². The summed E-state index contributed by atoms with van der Waals surface area (Å²) in [5, 5.41) is 0. The number of methoxy groups -OCH3 is 1. The lowest BCUT2D eigenvalue weighted by atomic mass is 10.1. The average Bonchev–Trinajstić information content (AvgIpc) is 2.64. The fourth-order valence-electron chi connectivity index (χ4n) is 2.10. The van der Waals surface area contributed by atoms with Gasteiger partial charge in [-0.2, -0.15) is 4.72 Å². The highest BCUT2D eigenvalue weighted by Crippen LogP contribution is 2.41. The molecule has 2 aromatic carbocycles. The molecule has 2 rings (SSSR count). The Morgan fingerprint density at radius 1 is 1.11 bits per heavy atom. The Balaban J connectivity index is 2.23. The van der Waals surface area contributed by atoms with Gasteiger partial charge in [-0.1, -0.05) is 65.1 Å². The molecule has 0 unspecified atom stereocenters. The minimum absolute atomic E-state index is 0.0644. The summed E-state index contributed by atoms with van der Waals surface area (Å²) in [5.74, 6) is -0.191. The van der Waals surface area contributed by atoms with E-state index in [2.05, 4.69) is 9.46 Å². The van der Waals surface area contributed by atoms with Gasteiger partial charge in [0.05, 0.1) is 23.8 Å². The number of hydrogen-bond acceptors (Lipinski definition) is 5. The number of hydrogen-bond donors (Lipinski definition) is 1. The van der Waals surface area contributed by atoms with E-state index < -0.39 is 19.9 Å². The van der Waals surface area contributed by atoms with E-state index in [1.807, 2.05) is 0 Å². The van der Waals surface area contributed by atoms with Crippen LogP contribution in [0.2, 0.25) is 0 Å². The van der Waals surface area contributed by atoms with Crippen molar-refractivity contribution in [2.45, 2.75) is 19.6 Å². The maximum atomic E-state index is 12.6. The van der Waals surface area contributed by atoms with E-state index in [1.165, 1.54) is 31.0 Å². The number of alkyl halides is 3. The van der Waals surface area contributed by atoms with Crippen LogP contribution in [0, 0.1) is 0 Å². The SMILES string of the molecule is COC(=O)CSc1ccc([C@H](NS(=O)(=O)c2ccccc2)C(Cl)(Cl)Cl)cc1. The molecule has 0 saturated heterocycles. The van der Waals surface area contributed by atoms with Crippen molar-refractivity contribution in [3.63, 3.8) is 0 Å². The van der Waals surface area contributed by atoms with Gasteiger partial charge in [0.15, 0.2) is 0 Å². The molecule has 5 nitrogen and oxygen atoms in total. The molecule has 0 aromatic heterocycles. The topological polar surface area (TPSA) is 72.5 Å². The zero-order valence-corrected chi connectivity index (χ0v) is 18.0. The zero-order valence-electron chi connectivity index (χ0n) is 14.1. The molecular weight excluding hydrogens is 453 g/mol. The lowest BCUT2D eigenvalue weighted by molar-refractivity contribution is -0.137. The minimum Gasteiger partial charge on any atom is -0.468 e.